The lowest BCUT2D eigenvalue weighted by Crippen LogP contribution is -2.42. The lowest BCUT2D eigenvalue weighted by atomic mass is 10.1. The molecule has 112 valence electrons. The van der Waals surface area contributed by atoms with Crippen LogP contribution in [-0.2, 0) is 0 Å². The normalized spacial score (nSPS) is 11.4. The number of halogens is 1. The Morgan fingerprint density at radius 2 is 1.85 bits per heavy atom. The molecule has 1 aromatic carbocycles. The van der Waals surface area contributed by atoms with E-state index in [0.29, 0.717) is 24.2 Å². The van der Waals surface area contributed by atoms with E-state index in [1.807, 2.05) is 25.1 Å². The number of hydrogen-bond acceptors (Lipinski definition) is 2. The molecule has 0 bridgehead atoms. The molecule has 0 saturated carbocycles. The monoisotopic (exact) mass is 340 g/mol. The third-order valence-electron chi connectivity index (χ3n) is 3.42. The second kappa shape index (κ2) is 7.79. The van der Waals surface area contributed by atoms with Crippen LogP contribution in [0.3, 0.4) is 0 Å². The first-order valence-corrected chi connectivity index (χ1v) is 7.93. The fourth-order valence-electron chi connectivity index (χ4n) is 2.33. The van der Waals surface area contributed by atoms with Crippen molar-refractivity contribution in [1.29, 1.82) is 0 Å². The molecule has 1 N–H and O–H groups in total. The number of carbonyl (C=O) groups excluding carboxylic acids is 1. The van der Waals surface area contributed by atoms with Crippen molar-refractivity contribution in [3.63, 3.8) is 0 Å². The van der Waals surface area contributed by atoms with Crippen molar-refractivity contribution in [2.75, 3.05) is 13.1 Å². The third-order valence-corrected chi connectivity index (χ3v) is 4.47. The Morgan fingerprint density at radius 3 is 2.40 bits per heavy atom. The molecule has 0 aliphatic rings. The van der Waals surface area contributed by atoms with Crippen LogP contribution < -0.4 is 5.32 Å². The fraction of sp³-hybridized carbons (Fsp3) is 0.562. The van der Waals surface area contributed by atoms with Gasteiger partial charge in [0.05, 0.1) is 5.56 Å². The van der Waals surface area contributed by atoms with E-state index in [1.165, 1.54) is 0 Å². The standard InChI is InChI=1S/C16H25BrN2O/c1-11(2)19(12(3)4)10-9-18-16(20)14-8-6-7-13(5)15(14)17/h6-8,11-12H,9-10H2,1-5H3,(H,18,20). The highest BCUT2D eigenvalue weighted by Gasteiger charge is 2.14. The summed E-state index contributed by atoms with van der Waals surface area (Å²) in [6.45, 7) is 12.2. The van der Waals surface area contributed by atoms with Gasteiger partial charge in [0.15, 0.2) is 0 Å². The summed E-state index contributed by atoms with van der Waals surface area (Å²) >= 11 is 3.48. The van der Waals surface area contributed by atoms with Crippen LogP contribution in [0.25, 0.3) is 0 Å². The van der Waals surface area contributed by atoms with Crippen LogP contribution in [0.5, 0.6) is 0 Å². The van der Waals surface area contributed by atoms with E-state index in [4.69, 9.17) is 0 Å². The summed E-state index contributed by atoms with van der Waals surface area (Å²) in [4.78, 5) is 14.5. The maximum atomic E-state index is 12.2. The van der Waals surface area contributed by atoms with E-state index in [2.05, 4.69) is 53.8 Å². The second-order valence-corrected chi connectivity index (χ2v) is 6.41. The predicted octanol–water partition coefficient (Wildman–Crippen LogP) is 3.61. The SMILES string of the molecule is Cc1cccc(C(=O)NCCN(C(C)C)C(C)C)c1Br. The zero-order valence-corrected chi connectivity index (χ0v) is 14.6. The summed E-state index contributed by atoms with van der Waals surface area (Å²) in [7, 11) is 0. The minimum absolute atomic E-state index is 0.0203. The highest BCUT2D eigenvalue weighted by atomic mass is 79.9. The summed E-state index contributed by atoms with van der Waals surface area (Å²) < 4.78 is 0.877. The first-order chi connectivity index (χ1) is 9.34. The van der Waals surface area contributed by atoms with Gasteiger partial charge in [-0.2, -0.15) is 0 Å². The van der Waals surface area contributed by atoms with Gasteiger partial charge in [0.2, 0.25) is 0 Å². The highest BCUT2D eigenvalue weighted by Crippen LogP contribution is 2.20. The van der Waals surface area contributed by atoms with Gasteiger partial charge in [0, 0.05) is 29.6 Å². The number of nitrogens with one attached hydrogen (secondary N) is 1. The average molecular weight is 341 g/mol. The van der Waals surface area contributed by atoms with Crippen molar-refractivity contribution < 1.29 is 4.79 Å². The molecule has 0 aromatic heterocycles. The maximum absolute atomic E-state index is 12.2. The summed E-state index contributed by atoms with van der Waals surface area (Å²) in [5.41, 5.74) is 1.77. The van der Waals surface area contributed by atoms with Crippen LogP contribution in [0.15, 0.2) is 22.7 Å². The zero-order chi connectivity index (χ0) is 15.3. The van der Waals surface area contributed by atoms with Crippen LogP contribution in [0.2, 0.25) is 0 Å². The largest absolute Gasteiger partial charge is 0.351 e. The van der Waals surface area contributed by atoms with Gasteiger partial charge in [-0.1, -0.05) is 12.1 Å². The Bertz CT molecular complexity index is 450. The second-order valence-electron chi connectivity index (χ2n) is 5.62. The number of aryl methyl sites for hydroxylation is 1. The average Bonchev–Trinajstić information content (AvgIpc) is 2.36. The molecule has 0 aliphatic heterocycles. The van der Waals surface area contributed by atoms with Gasteiger partial charge in [0.1, 0.15) is 0 Å². The van der Waals surface area contributed by atoms with Crippen molar-refractivity contribution in [1.82, 2.24) is 10.2 Å². The minimum atomic E-state index is -0.0203. The van der Waals surface area contributed by atoms with Crippen molar-refractivity contribution in [2.45, 2.75) is 46.7 Å². The van der Waals surface area contributed by atoms with Gasteiger partial charge in [0.25, 0.3) is 5.91 Å². The van der Waals surface area contributed by atoms with Gasteiger partial charge in [-0.3, -0.25) is 9.69 Å². The van der Waals surface area contributed by atoms with Crippen molar-refractivity contribution >= 4 is 21.8 Å². The first-order valence-electron chi connectivity index (χ1n) is 7.13. The Hall–Kier alpha value is -0.870. The van der Waals surface area contributed by atoms with E-state index in [9.17, 15) is 4.79 Å². The molecule has 1 rings (SSSR count). The molecule has 1 aromatic rings. The van der Waals surface area contributed by atoms with Crippen LogP contribution >= 0.6 is 15.9 Å². The number of amides is 1. The molecule has 0 spiro atoms. The Kier molecular flexibility index (Phi) is 6.69. The van der Waals surface area contributed by atoms with Gasteiger partial charge in [-0.15, -0.1) is 0 Å². The van der Waals surface area contributed by atoms with Crippen LogP contribution in [0.4, 0.5) is 0 Å². The molecular formula is C16H25BrN2O. The van der Waals surface area contributed by atoms with Crippen LogP contribution in [-0.4, -0.2) is 36.0 Å². The molecule has 1 amide bonds. The Labute approximate surface area is 130 Å². The molecule has 0 saturated heterocycles. The van der Waals surface area contributed by atoms with Gasteiger partial charge in [-0.25, -0.2) is 0 Å². The van der Waals surface area contributed by atoms with Crippen molar-refractivity contribution in [3.8, 4) is 0 Å². The van der Waals surface area contributed by atoms with E-state index < -0.39 is 0 Å². The molecule has 20 heavy (non-hydrogen) atoms. The van der Waals surface area contributed by atoms with Crippen LogP contribution in [0.1, 0.15) is 43.6 Å². The van der Waals surface area contributed by atoms with Crippen molar-refractivity contribution in [2.24, 2.45) is 0 Å². The molecule has 0 unspecified atom stereocenters. The number of nitrogens with zero attached hydrogens (tertiary/aromatic N) is 1. The zero-order valence-electron chi connectivity index (χ0n) is 13.0. The smallest absolute Gasteiger partial charge is 0.252 e. The van der Waals surface area contributed by atoms with E-state index in [1.54, 1.807) is 0 Å². The quantitative estimate of drug-likeness (QED) is 0.857. The Balaban J connectivity index is 2.58. The third kappa shape index (κ3) is 4.60. The van der Waals surface area contributed by atoms with Gasteiger partial charge >= 0.3 is 0 Å². The summed E-state index contributed by atoms with van der Waals surface area (Å²) in [5, 5.41) is 3.00. The lowest BCUT2D eigenvalue weighted by Gasteiger charge is -2.30. The lowest BCUT2D eigenvalue weighted by molar-refractivity contribution is 0.0938. The highest BCUT2D eigenvalue weighted by molar-refractivity contribution is 9.10. The molecule has 0 radical (unpaired) electrons. The summed E-state index contributed by atoms with van der Waals surface area (Å²) in [6, 6.07) is 6.70. The summed E-state index contributed by atoms with van der Waals surface area (Å²) in [6.07, 6.45) is 0. The summed E-state index contributed by atoms with van der Waals surface area (Å²) in [5.74, 6) is -0.0203. The van der Waals surface area contributed by atoms with E-state index in [0.717, 1.165) is 16.6 Å². The predicted molar refractivity (Wildman–Crippen MR) is 88.2 cm³/mol. The molecule has 0 aliphatic carbocycles. The number of carbonyl (C=O) groups is 1. The number of rotatable bonds is 6. The van der Waals surface area contributed by atoms with E-state index >= 15 is 0 Å². The maximum Gasteiger partial charge on any atom is 0.252 e. The number of hydrogen-bond donors (Lipinski definition) is 1. The minimum Gasteiger partial charge on any atom is -0.351 e. The molecule has 3 nitrogen and oxygen atoms in total. The van der Waals surface area contributed by atoms with Crippen LogP contribution in [0, 0.1) is 6.92 Å². The molecule has 4 heteroatoms. The molecule has 0 heterocycles. The Morgan fingerprint density at radius 1 is 1.25 bits per heavy atom. The fourth-order valence-corrected chi connectivity index (χ4v) is 2.77. The topological polar surface area (TPSA) is 32.3 Å². The van der Waals surface area contributed by atoms with Gasteiger partial charge in [-0.05, 0) is 62.2 Å². The van der Waals surface area contributed by atoms with E-state index in [-0.39, 0.29) is 5.91 Å². The molecule has 0 atom stereocenters. The molecular weight excluding hydrogens is 316 g/mol. The van der Waals surface area contributed by atoms with Crippen molar-refractivity contribution in [3.05, 3.63) is 33.8 Å². The first kappa shape index (κ1) is 17.2. The molecule has 0 fully saturated rings. The number of benzene rings is 1. The van der Waals surface area contributed by atoms with Gasteiger partial charge < -0.3 is 5.32 Å².